The fraction of sp³-hybridized carbons (Fsp3) is 0.458. The first kappa shape index (κ1) is 21.8. The molecule has 2 aromatic rings. The topological polar surface area (TPSA) is 60.9 Å². The summed E-state index contributed by atoms with van der Waals surface area (Å²) in [7, 11) is -3.43. The van der Waals surface area contributed by atoms with Gasteiger partial charge in [-0.1, -0.05) is 48.5 Å². The summed E-state index contributed by atoms with van der Waals surface area (Å²) in [5, 5.41) is 0. The minimum atomic E-state index is -3.43. The van der Waals surface area contributed by atoms with Gasteiger partial charge in [-0.3, -0.25) is 14.0 Å². The largest absolute Gasteiger partial charge is 0.337 e. The molecule has 0 radical (unpaired) electrons. The first-order valence-corrected chi connectivity index (χ1v) is 12.9. The number of rotatable bonds is 4. The van der Waals surface area contributed by atoms with Crippen molar-refractivity contribution >= 4 is 21.6 Å². The Kier molecular flexibility index (Phi) is 6.62. The molecule has 4 rings (SSSR count). The highest BCUT2D eigenvalue weighted by atomic mass is 32.2. The second-order valence-electron chi connectivity index (χ2n) is 8.61. The first-order valence-electron chi connectivity index (χ1n) is 11.0. The monoisotopic (exact) mass is 441 g/mol. The Morgan fingerprint density at radius 3 is 2.35 bits per heavy atom. The molecule has 0 bridgehead atoms. The fourth-order valence-electron chi connectivity index (χ4n) is 4.23. The minimum absolute atomic E-state index is 0.130. The summed E-state index contributed by atoms with van der Waals surface area (Å²) in [4.78, 5) is 17.3. The van der Waals surface area contributed by atoms with Crippen molar-refractivity contribution in [3.63, 3.8) is 0 Å². The normalized spacial score (nSPS) is 18.9. The minimum Gasteiger partial charge on any atom is -0.337 e. The van der Waals surface area contributed by atoms with Gasteiger partial charge in [0.25, 0.3) is 0 Å². The van der Waals surface area contributed by atoms with Gasteiger partial charge in [-0.25, -0.2) is 8.42 Å². The molecule has 1 fully saturated rings. The molecule has 6 nitrogen and oxygen atoms in total. The van der Waals surface area contributed by atoms with Gasteiger partial charge >= 0.3 is 0 Å². The van der Waals surface area contributed by atoms with E-state index in [1.165, 1.54) is 16.1 Å². The summed E-state index contributed by atoms with van der Waals surface area (Å²) in [6.45, 7) is 3.85. The smallest absolute Gasteiger partial charge is 0.232 e. The molecule has 1 saturated carbocycles. The van der Waals surface area contributed by atoms with Crippen molar-refractivity contribution in [1.29, 1.82) is 0 Å². The SMILES string of the molecule is CS(=O)(=O)N1CCCN(Cc2ccccc2)CCN(C(=O)C2CC2)Cc2ccccc21. The van der Waals surface area contributed by atoms with Crippen LogP contribution in [-0.4, -0.2) is 56.6 Å². The summed E-state index contributed by atoms with van der Waals surface area (Å²) in [5.74, 6) is 0.325. The van der Waals surface area contributed by atoms with E-state index in [2.05, 4.69) is 17.0 Å². The maximum absolute atomic E-state index is 13.0. The Bertz CT molecular complexity index is 1010. The molecule has 1 amide bonds. The average molecular weight is 442 g/mol. The highest BCUT2D eigenvalue weighted by Gasteiger charge is 2.34. The molecule has 0 saturated heterocycles. The second-order valence-corrected chi connectivity index (χ2v) is 10.5. The van der Waals surface area contributed by atoms with Gasteiger partial charge < -0.3 is 4.90 Å². The van der Waals surface area contributed by atoms with Crippen LogP contribution < -0.4 is 4.31 Å². The number of benzene rings is 2. The number of carbonyl (C=O) groups excluding carboxylic acids is 1. The predicted octanol–water partition coefficient (Wildman–Crippen LogP) is 3.10. The van der Waals surface area contributed by atoms with Crippen LogP contribution in [0.5, 0.6) is 0 Å². The second kappa shape index (κ2) is 9.40. The van der Waals surface area contributed by atoms with E-state index >= 15 is 0 Å². The highest BCUT2D eigenvalue weighted by molar-refractivity contribution is 7.92. The maximum atomic E-state index is 13.0. The van der Waals surface area contributed by atoms with Gasteiger partial charge in [-0.2, -0.15) is 0 Å². The summed E-state index contributed by atoms with van der Waals surface area (Å²) < 4.78 is 26.8. The van der Waals surface area contributed by atoms with Crippen molar-refractivity contribution in [2.24, 2.45) is 5.92 Å². The van der Waals surface area contributed by atoms with E-state index in [1.807, 2.05) is 47.4 Å². The van der Waals surface area contributed by atoms with E-state index in [1.54, 1.807) is 0 Å². The molecule has 0 aromatic heterocycles. The van der Waals surface area contributed by atoms with E-state index in [-0.39, 0.29) is 11.8 Å². The number of amides is 1. The molecular weight excluding hydrogens is 410 g/mol. The van der Waals surface area contributed by atoms with E-state index in [4.69, 9.17) is 0 Å². The van der Waals surface area contributed by atoms with Crippen LogP contribution in [0.4, 0.5) is 5.69 Å². The summed E-state index contributed by atoms with van der Waals surface area (Å²) >= 11 is 0. The molecule has 1 aliphatic heterocycles. The third-order valence-electron chi connectivity index (χ3n) is 6.03. The Hall–Kier alpha value is -2.38. The lowest BCUT2D eigenvalue weighted by atomic mass is 10.1. The van der Waals surface area contributed by atoms with Gasteiger partial charge in [0.05, 0.1) is 11.9 Å². The number of hydrogen-bond acceptors (Lipinski definition) is 4. The molecule has 0 N–H and O–H groups in total. The first-order chi connectivity index (χ1) is 14.9. The number of sulfonamides is 1. The summed E-state index contributed by atoms with van der Waals surface area (Å²) in [6.07, 6.45) is 3.91. The average Bonchev–Trinajstić information content (AvgIpc) is 3.59. The van der Waals surface area contributed by atoms with Crippen LogP contribution in [0.25, 0.3) is 0 Å². The van der Waals surface area contributed by atoms with Gasteiger partial charge in [0.2, 0.25) is 15.9 Å². The molecule has 1 heterocycles. The van der Waals surface area contributed by atoms with E-state index in [9.17, 15) is 13.2 Å². The Balaban J connectivity index is 1.63. The van der Waals surface area contributed by atoms with Crippen molar-refractivity contribution in [2.75, 3.05) is 36.7 Å². The molecular formula is C24H31N3O3S. The third-order valence-corrected chi connectivity index (χ3v) is 7.21. The van der Waals surface area contributed by atoms with Crippen LogP contribution in [-0.2, 0) is 27.9 Å². The standard InChI is InChI=1S/C24H31N3O3S/c1-31(29,30)27-15-7-14-25(18-20-8-3-2-4-9-20)16-17-26(24(28)21-12-13-21)19-22-10-5-6-11-23(22)27/h2-6,8-11,21H,7,12-19H2,1H3. The van der Waals surface area contributed by atoms with Gasteiger partial charge in [-0.15, -0.1) is 0 Å². The molecule has 166 valence electrons. The number of anilines is 1. The Labute approximate surface area is 185 Å². The van der Waals surface area contributed by atoms with Crippen molar-refractivity contribution in [1.82, 2.24) is 9.80 Å². The number of nitrogens with zero attached hydrogens (tertiary/aromatic N) is 3. The van der Waals surface area contributed by atoms with E-state index in [0.717, 1.165) is 44.5 Å². The number of para-hydroxylation sites is 1. The Morgan fingerprint density at radius 1 is 0.935 bits per heavy atom. The van der Waals surface area contributed by atoms with Crippen LogP contribution >= 0.6 is 0 Å². The Morgan fingerprint density at radius 2 is 1.65 bits per heavy atom. The molecule has 0 unspecified atom stereocenters. The third kappa shape index (κ3) is 5.66. The molecule has 31 heavy (non-hydrogen) atoms. The molecule has 2 aromatic carbocycles. The summed E-state index contributed by atoms with van der Waals surface area (Å²) in [6, 6.07) is 17.9. The van der Waals surface area contributed by atoms with E-state index in [0.29, 0.717) is 25.3 Å². The molecule has 1 aliphatic carbocycles. The lowest BCUT2D eigenvalue weighted by Crippen LogP contribution is -2.39. The lowest BCUT2D eigenvalue weighted by Gasteiger charge is -2.28. The van der Waals surface area contributed by atoms with Crippen LogP contribution in [0, 0.1) is 5.92 Å². The fourth-order valence-corrected chi connectivity index (χ4v) is 5.22. The van der Waals surface area contributed by atoms with Gasteiger partial charge in [-0.05, 0) is 36.5 Å². The molecule has 0 atom stereocenters. The van der Waals surface area contributed by atoms with Crippen LogP contribution in [0.2, 0.25) is 0 Å². The molecule has 7 heteroatoms. The van der Waals surface area contributed by atoms with Crippen molar-refractivity contribution in [3.8, 4) is 0 Å². The van der Waals surface area contributed by atoms with E-state index < -0.39 is 10.0 Å². The zero-order valence-electron chi connectivity index (χ0n) is 18.1. The lowest BCUT2D eigenvalue weighted by molar-refractivity contribution is -0.133. The van der Waals surface area contributed by atoms with Gasteiger partial charge in [0.1, 0.15) is 0 Å². The maximum Gasteiger partial charge on any atom is 0.232 e. The van der Waals surface area contributed by atoms with Gasteiger partial charge in [0, 0.05) is 45.2 Å². The van der Waals surface area contributed by atoms with Crippen LogP contribution in [0.3, 0.4) is 0 Å². The zero-order chi connectivity index (χ0) is 21.8. The quantitative estimate of drug-likeness (QED) is 0.732. The number of fused-ring (bicyclic) bond motifs is 1. The summed E-state index contributed by atoms with van der Waals surface area (Å²) in [5.41, 5.74) is 2.80. The molecule has 0 spiro atoms. The zero-order valence-corrected chi connectivity index (χ0v) is 18.9. The highest BCUT2D eigenvalue weighted by Crippen LogP contribution is 2.33. The van der Waals surface area contributed by atoms with Crippen LogP contribution in [0.1, 0.15) is 30.4 Å². The van der Waals surface area contributed by atoms with Crippen molar-refractivity contribution < 1.29 is 13.2 Å². The number of hydrogen-bond donors (Lipinski definition) is 0. The predicted molar refractivity (Wildman–Crippen MR) is 123 cm³/mol. The van der Waals surface area contributed by atoms with Crippen molar-refractivity contribution in [3.05, 3.63) is 65.7 Å². The number of carbonyl (C=O) groups is 1. The molecule has 2 aliphatic rings. The van der Waals surface area contributed by atoms with Crippen molar-refractivity contribution in [2.45, 2.75) is 32.4 Å². The van der Waals surface area contributed by atoms with Crippen LogP contribution in [0.15, 0.2) is 54.6 Å². The van der Waals surface area contributed by atoms with Gasteiger partial charge in [0.15, 0.2) is 0 Å².